The van der Waals surface area contributed by atoms with Gasteiger partial charge in [0.05, 0.1) is 19.3 Å². The van der Waals surface area contributed by atoms with Crippen molar-refractivity contribution in [3.63, 3.8) is 0 Å². The number of aromatic nitrogens is 2. The Labute approximate surface area is 95.6 Å². The molecule has 1 aliphatic rings. The Morgan fingerprint density at radius 3 is 3.06 bits per heavy atom. The molecule has 1 fully saturated rings. The van der Waals surface area contributed by atoms with Crippen LogP contribution in [0, 0.1) is 6.92 Å². The first kappa shape index (κ1) is 11.1. The lowest BCUT2D eigenvalue weighted by Crippen LogP contribution is -2.45. The number of nitrogens with zero attached hydrogens (tertiary/aromatic N) is 3. The SMILES string of the molecule is CCC1COCCN1c1cc(N)nc(C)n1. The Balaban J connectivity index is 2.26. The molecule has 0 spiro atoms. The van der Waals surface area contributed by atoms with E-state index >= 15 is 0 Å². The number of hydrogen-bond donors (Lipinski definition) is 1. The van der Waals surface area contributed by atoms with E-state index in [2.05, 4.69) is 21.8 Å². The molecule has 1 aromatic rings. The molecule has 88 valence electrons. The van der Waals surface area contributed by atoms with Crippen LogP contribution in [0.3, 0.4) is 0 Å². The number of rotatable bonds is 2. The summed E-state index contributed by atoms with van der Waals surface area (Å²) in [4.78, 5) is 10.8. The van der Waals surface area contributed by atoms with E-state index < -0.39 is 0 Å². The fourth-order valence-corrected chi connectivity index (χ4v) is 2.02. The Morgan fingerprint density at radius 1 is 1.56 bits per heavy atom. The van der Waals surface area contributed by atoms with Crippen molar-refractivity contribution in [2.24, 2.45) is 0 Å². The zero-order valence-corrected chi connectivity index (χ0v) is 9.81. The lowest BCUT2D eigenvalue weighted by molar-refractivity contribution is 0.0925. The Hall–Kier alpha value is -1.36. The number of morpholine rings is 1. The highest BCUT2D eigenvalue weighted by Gasteiger charge is 2.23. The molecule has 5 nitrogen and oxygen atoms in total. The third-order valence-corrected chi connectivity index (χ3v) is 2.84. The normalized spacial score (nSPS) is 21.1. The summed E-state index contributed by atoms with van der Waals surface area (Å²) in [6, 6.07) is 2.23. The summed E-state index contributed by atoms with van der Waals surface area (Å²) in [5, 5.41) is 0. The summed E-state index contributed by atoms with van der Waals surface area (Å²) in [5.41, 5.74) is 5.74. The van der Waals surface area contributed by atoms with Crippen molar-refractivity contribution in [1.29, 1.82) is 0 Å². The summed E-state index contributed by atoms with van der Waals surface area (Å²) in [5.74, 6) is 2.17. The molecule has 0 bridgehead atoms. The van der Waals surface area contributed by atoms with Gasteiger partial charge in [-0.3, -0.25) is 0 Å². The number of nitrogen functional groups attached to an aromatic ring is 1. The van der Waals surface area contributed by atoms with Crippen LogP contribution in [0.2, 0.25) is 0 Å². The minimum atomic E-state index is 0.391. The first-order valence-corrected chi connectivity index (χ1v) is 5.66. The van der Waals surface area contributed by atoms with Crippen LogP contribution in [-0.2, 0) is 4.74 Å². The summed E-state index contributed by atoms with van der Waals surface area (Å²) >= 11 is 0. The van der Waals surface area contributed by atoms with E-state index in [1.54, 1.807) is 0 Å². The van der Waals surface area contributed by atoms with E-state index in [0.717, 1.165) is 37.8 Å². The van der Waals surface area contributed by atoms with Crippen LogP contribution >= 0.6 is 0 Å². The van der Waals surface area contributed by atoms with Crippen LogP contribution in [0.1, 0.15) is 19.2 Å². The molecule has 16 heavy (non-hydrogen) atoms. The molecule has 1 atom stereocenters. The van der Waals surface area contributed by atoms with E-state index in [1.165, 1.54) is 0 Å². The van der Waals surface area contributed by atoms with Gasteiger partial charge in [0.2, 0.25) is 0 Å². The molecule has 0 saturated carbocycles. The van der Waals surface area contributed by atoms with Crippen molar-refractivity contribution in [3.8, 4) is 0 Å². The molecule has 1 saturated heterocycles. The minimum absolute atomic E-state index is 0.391. The van der Waals surface area contributed by atoms with Crippen molar-refractivity contribution in [2.75, 3.05) is 30.4 Å². The maximum atomic E-state index is 5.74. The maximum Gasteiger partial charge on any atom is 0.134 e. The first-order valence-electron chi connectivity index (χ1n) is 5.66. The first-order chi connectivity index (χ1) is 7.70. The van der Waals surface area contributed by atoms with E-state index in [0.29, 0.717) is 11.9 Å². The number of aryl methyl sites for hydroxylation is 1. The van der Waals surface area contributed by atoms with Crippen molar-refractivity contribution in [1.82, 2.24) is 9.97 Å². The van der Waals surface area contributed by atoms with Crippen LogP contribution in [0.25, 0.3) is 0 Å². The molecular formula is C11H18N4O. The van der Waals surface area contributed by atoms with Crippen molar-refractivity contribution in [3.05, 3.63) is 11.9 Å². The summed E-state index contributed by atoms with van der Waals surface area (Å²) in [7, 11) is 0. The van der Waals surface area contributed by atoms with Crippen LogP contribution < -0.4 is 10.6 Å². The van der Waals surface area contributed by atoms with E-state index in [1.807, 2.05) is 13.0 Å². The van der Waals surface area contributed by atoms with Crippen LogP contribution in [0.4, 0.5) is 11.6 Å². The zero-order chi connectivity index (χ0) is 11.5. The van der Waals surface area contributed by atoms with Gasteiger partial charge >= 0.3 is 0 Å². The van der Waals surface area contributed by atoms with Gasteiger partial charge < -0.3 is 15.4 Å². The highest BCUT2D eigenvalue weighted by atomic mass is 16.5. The third kappa shape index (κ3) is 2.24. The molecule has 2 heterocycles. The molecule has 0 amide bonds. The van der Waals surface area contributed by atoms with Crippen LogP contribution in [-0.4, -0.2) is 35.8 Å². The van der Waals surface area contributed by atoms with Gasteiger partial charge in [0.15, 0.2) is 0 Å². The van der Waals surface area contributed by atoms with Gasteiger partial charge in [-0.1, -0.05) is 6.92 Å². The summed E-state index contributed by atoms with van der Waals surface area (Å²) in [6.45, 7) is 6.40. The Kier molecular flexibility index (Phi) is 3.24. The summed E-state index contributed by atoms with van der Waals surface area (Å²) in [6.07, 6.45) is 1.04. The quantitative estimate of drug-likeness (QED) is 0.808. The van der Waals surface area contributed by atoms with Gasteiger partial charge in [-0.15, -0.1) is 0 Å². The molecular weight excluding hydrogens is 204 g/mol. The molecule has 1 unspecified atom stereocenters. The smallest absolute Gasteiger partial charge is 0.134 e. The largest absolute Gasteiger partial charge is 0.384 e. The highest BCUT2D eigenvalue weighted by Crippen LogP contribution is 2.20. The Morgan fingerprint density at radius 2 is 2.38 bits per heavy atom. The molecule has 1 aromatic heterocycles. The topological polar surface area (TPSA) is 64.3 Å². The molecule has 1 aliphatic heterocycles. The Bertz CT molecular complexity index is 349. The molecule has 5 heteroatoms. The van der Waals surface area contributed by atoms with E-state index in [9.17, 15) is 0 Å². The van der Waals surface area contributed by atoms with Crippen molar-refractivity contribution < 1.29 is 4.74 Å². The second-order valence-electron chi connectivity index (χ2n) is 4.03. The van der Waals surface area contributed by atoms with Gasteiger partial charge in [-0.25, -0.2) is 9.97 Å². The molecule has 2 N–H and O–H groups in total. The lowest BCUT2D eigenvalue weighted by atomic mass is 10.2. The number of ether oxygens (including phenoxy) is 1. The monoisotopic (exact) mass is 222 g/mol. The number of anilines is 2. The van der Waals surface area contributed by atoms with Gasteiger partial charge in [0, 0.05) is 12.6 Å². The fraction of sp³-hybridized carbons (Fsp3) is 0.636. The summed E-state index contributed by atoms with van der Waals surface area (Å²) < 4.78 is 5.47. The predicted molar refractivity (Wildman–Crippen MR) is 63.4 cm³/mol. The van der Waals surface area contributed by atoms with Crippen molar-refractivity contribution in [2.45, 2.75) is 26.3 Å². The molecule has 0 aliphatic carbocycles. The van der Waals surface area contributed by atoms with Gasteiger partial charge in [-0.05, 0) is 13.3 Å². The van der Waals surface area contributed by atoms with Gasteiger partial charge in [0.1, 0.15) is 17.5 Å². The number of hydrogen-bond acceptors (Lipinski definition) is 5. The minimum Gasteiger partial charge on any atom is -0.384 e. The lowest BCUT2D eigenvalue weighted by Gasteiger charge is -2.36. The van der Waals surface area contributed by atoms with Gasteiger partial charge in [-0.2, -0.15) is 0 Å². The van der Waals surface area contributed by atoms with Gasteiger partial charge in [0.25, 0.3) is 0 Å². The standard InChI is InChI=1S/C11H18N4O/c1-3-9-7-16-5-4-15(9)11-6-10(12)13-8(2)14-11/h6,9H,3-5,7H2,1-2H3,(H2,12,13,14). The van der Waals surface area contributed by atoms with E-state index in [-0.39, 0.29) is 0 Å². The van der Waals surface area contributed by atoms with Crippen LogP contribution in [0.5, 0.6) is 0 Å². The number of nitrogens with two attached hydrogens (primary N) is 1. The average molecular weight is 222 g/mol. The predicted octanol–water partition coefficient (Wildman–Crippen LogP) is 0.982. The van der Waals surface area contributed by atoms with E-state index in [4.69, 9.17) is 10.5 Å². The second kappa shape index (κ2) is 4.65. The fourth-order valence-electron chi connectivity index (χ4n) is 2.02. The average Bonchev–Trinajstić information content (AvgIpc) is 2.27. The zero-order valence-electron chi connectivity index (χ0n) is 9.81. The molecule has 0 radical (unpaired) electrons. The highest BCUT2D eigenvalue weighted by molar-refractivity contribution is 5.48. The molecule has 2 rings (SSSR count). The second-order valence-corrected chi connectivity index (χ2v) is 4.03. The molecule has 0 aromatic carbocycles. The van der Waals surface area contributed by atoms with Crippen molar-refractivity contribution >= 4 is 11.6 Å². The van der Waals surface area contributed by atoms with Crippen LogP contribution in [0.15, 0.2) is 6.07 Å². The maximum absolute atomic E-state index is 5.74. The third-order valence-electron chi connectivity index (χ3n) is 2.84.